The summed E-state index contributed by atoms with van der Waals surface area (Å²) in [6, 6.07) is 0. The number of rotatable bonds is 4. The van der Waals surface area contributed by atoms with Gasteiger partial charge < -0.3 is 10.6 Å². The second kappa shape index (κ2) is 4.24. The average Bonchev–Trinajstić information content (AvgIpc) is 2.94. The number of amides is 1. The van der Waals surface area contributed by atoms with Crippen LogP contribution in [0.25, 0.3) is 0 Å². The second-order valence-electron chi connectivity index (χ2n) is 4.65. The molecule has 1 fully saturated rings. The van der Waals surface area contributed by atoms with Crippen molar-refractivity contribution in [3.63, 3.8) is 0 Å². The van der Waals surface area contributed by atoms with Crippen LogP contribution in [-0.4, -0.2) is 36.1 Å². The Kier molecular flexibility index (Phi) is 3.52. The van der Waals surface area contributed by atoms with Crippen LogP contribution in [0.4, 0.5) is 13.2 Å². The number of nitrogens with zero attached hydrogens (tertiary/aromatic N) is 1. The van der Waals surface area contributed by atoms with Crippen molar-refractivity contribution in [3.8, 4) is 0 Å². The SMILES string of the molecule is CN(CCC(F)(F)F)C(=O)C(C)(N)C1CC1. The van der Waals surface area contributed by atoms with Gasteiger partial charge in [0.05, 0.1) is 12.0 Å². The van der Waals surface area contributed by atoms with E-state index < -0.39 is 24.0 Å². The zero-order chi connectivity index (χ0) is 12.6. The molecule has 0 bridgehead atoms. The number of hydrogen-bond donors (Lipinski definition) is 1. The van der Waals surface area contributed by atoms with Gasteiger partial charge in [-0.3, -0.25) is 4.79 Å². The lowest BCUT2D eigenvalue weighted by molar-refractivity contribution is -0.147. The summed E-state index contributed by atoms with van der Waals surface area (Å²) in [5, 5.41) is 0. The van der Waals surface area contributed by atoms with Crippen molar-refractivity contribution >= 4 is 5.91 Å². The van der Waals surface area contributed by atoms with Gasteiger partial charge >= 0.3 is 6.18 Å². The molecule has 2 N–H and O–H groups in total. The lowest BCUT2D eigenvalue weighted by Gasteiger charge is -2.29. The van der Waals surface area contributed by atoms with Crippen LogP contribution >= 0.6 is 0 Å². The van der Waals surface area contributed by atoms with Crippen LogP contribution < -0.4 is 5.73 Å². The molecule has 0 aromatic rings. The van der Waals surface area contributed by atoms with E-state index in [9.17, 15) is 18.0 Å². The van der Waals surface area contributed by atoms with Gasteiger partial charge in [0.25, 0.3) is 0 Å². The molecule has 0 aromatic carbocycles. The minimum absolute atomic E-state index is 0.119. The summed E-state index contributed by atoms with van der Waals surface area (Å²) in [5.74, 6) is -0.285. The Bertz CT molecular complexity index is 272. The van der Waals surface area contributed by atoms with E-state index in [4.69, 9.17) is 5.73 Å². The third-order valence-corrected chi connectivity index (χ3v) is 2.96. The molecule has 1 amide bonds. The largest absolute Gasteiger partial charge is 0.390 e. The molecule has 6 heteroatoms. The Hall–Kier alpha value is -0.780. The fourth-order valence-corrected chi connectivity index (χ4v) is 1.66. The smallest absolute Gasteiger partial charge is 0.344 e. The molecule has 1 atom stereocenters. The van der Waals surface area contributed by atoms with Crippen molar-refractivity contribution in [1.82, 2.24) is 4.90 Å². The van der Waals surface area contributed by atoms with Gasteiger partial charge in [-0.05, 0) is 25.7 Å². The van der Waals surface area contributed by atoms with E-state index in [-0.39, 0.29) is 12.5 Å². The van der Waals surface area contributed by atoms with Gasteiger partial charge in [0.15, 0.2) is 0 Å². The quantitative estimate of drug-likeness (QED) is 0.807. The van der Waals surface area contributed by atoms with E-state index in [1.54, 1.807) is 6.92 Å². The van der Waals surface area contributed by atoms with Crippen LogP contribution in [-0.2, 0) is 4.79 Å². The molecule has 0 aliphatic heterocycles. The Morgan fingerprint density at radius 1 is 1.44 bits per heavy atom. The van der Waals surface area contributed by atoms with Crippen molar-refractivity contribution in [2.45, 2.75) is 37.9 Å². The lowest BCUT2D eigenvalue weighted by Crippen LogP contribution is -2.54. The predicted octanol–water partition coefficient (Wildman–Crippen LogP) is 1.52. The summed E-state index contributed by atoms with van der Waals surface area (Å²) < 4.78 is 35.9. The van der Waals surface area contributed by atoms with E-state index >= 15 is 0 Å². The number of hydrogen-bond acceptors (Lipinski definition) is 2. The molecule has 0 radical (unpaired) electrons. The molecule has 0 heterocycles. The number of halogens is 3. The van der Waals surface area contributed by atoms with Gasteiger partial charge in [-0.25, -0.2) is 0 Å². The van der Waals surface area contributed by atoms with Crippen molar-refractivity contribution in [2.24, 2.45) is 11.7 Å². The number of carbonyl (C=O) groups excluding carboxylic acids is 1. The van der Waals surface area contributed by atoms with Crippen molar-refractivity contribution < 1.29 is 18.0 Å². The Morgan fingerprint density at radius 3 is 2.31 bits per heavy atom. The summed E-state index contributed by atoms with van der Waals surface area (Å²) in [7, 11) is 1.36. The van der Waals surface area contributed by atoms with E-state index in [1.807, 2.05) is 0 Å². The van der Waals surface area contributed by atoms with E-state index in [1.165, 1.54) is 7.05 Å². The molecule has 1 saturated carbocycles. The molecule has 1 aliphatic carbocycles. The van der Waals surface area contributed by atoms with Gasteiger partial charge in [-0.15, -0.1) is 0 Å². The number of nitrogens with two attached hydrogens (primary N) is 1. The third-order valence-electron chi connectivity index (χ3n) is 2.96. The molecule has 94 valence electrons. The first kappa shape index (κ1) is 13.3. The monoisotopic (exact) mass is 238 g/mol. The molecular formula is C10H17F3N2O. The Labute approximate surface area is 92.8 Å². The fraction of sp³-hybridized carbons (Fsp3) is 0.900. The topological polar surface area (TPSA) is 46.3 Å². The molecule has 16 heavy (non-hydrogen) atoms. The number of carbonyl (C=O) groups is 1. The summed E-state index contributed by atoms with van der Waals surface area (Å²) in [6.07, 6.45) is -3.47. The minimum atomic E-state index is -4.24. The highest BCUT2D eigenvalue weighted by atomic mass is 19.4. The lowest BCUT2D eigenvalue weighted by atomic mass is 9.95. The molecule has 0 spiro atoms. The highest BCUT2D eigenvalue weighted by Crippen LogP contribution is 2.38. The Morgan fingerprint density at radius 2 is 1.94 bits per heavy atom. The maximum Gasteiger partial charge on any atom is 0.390 e. The maximum absolute atomic E-state index is 12.0. The normalized spacial score (nSPS) is 20.4. The van der Waals surface area contributed by atoms with Crippen molar-refractivity contribution in [1.29, 1.82) is 0 Å². The van der Waals surface area contributed by atoms with E-state index in [0.717, 1.165) is 17.7 Å². The van der Waals surface area contributed by atoms with Crippen LogP contribution in [0.1, 0.15) is 26.2 Å². The highest BCUT2D eigenvalue weighted by molar-refractivity contribution is 5.86. The maximum atomic E-state index is 12.0. The van der Waals surface area contributed by atoms with Crippen LogP contribution in [0, 0.1) is 5.92 Å². The fourth-order valence-electron chi connectivity index (χ4n) is 1.66. The van der Waals surface area contributed by atoms with E-state index in [0.29, 0.717) is 0 Å². The molecule has 0 saturated heterocycles. The van der Waals surface area contributed by atoms with Gasteiger partial charge in [-0.1, -0.05) is 0 Å². The third kappa shape index (κ3) is 3.37. The van der Waals surface area contributed by atoms with Gasteiger partial charge in [0.2, 0.25) is 5.91 Å². The molecule has 1 unspecified atom stereocenters. The first-order valence-corrected chi connectivity index (χ1v) is 5.26. The van der Waals surface area contributed by atoms with Crippen molar-refractivity contribution in [2.75, 3.05) is 13.6 Å². The molecule has 3 nitrogen and oxygen atoms in total. The summed E-state index contributed by atoms with van der Waals surface area (Å²) in [6.45, 7) is 1.26. The second-order valence-corrected chi connectivity index (χ2v) is 4.65. The van der Waals surface area contributed by atoms with Crippen molar-refractivity contribution in [3.05, 3.63) is 0 Å². The van der Waals surface area contributed by atoms with Gasteiger partial charge in [0.1, 0.15) is 0 Å². The van der Waals surface area contributed by atoms with Crippen LogP contribution in [0.3, 0.4) is 0 Å². The zero-order valence-electron chi connectivity index (χ0n) is 9.47. The molecule has 0 aromatic heterocycles. The molecular weight excluding hydrogens is 221 g/mol. The predicted molar refractivity (Wildman–Crippen MR) is 53.6 cm³/mol. The molecule has 1 aliphatic rings. The minimum Gasteiger partial charge on any atom is -0.344 e. The Balaban J connectivity index is 2.47. The summed E-state index contributed by atoms with van der Waals surface area (Å²) in [4.78, 5) is 12.9. The van der Waals surface area contributed by atoms with Gasteiger partial charge in [-0.2, -0.15) is 13.2 Å². The zero-order valence-corrected chi connectivity index (χ0v) is 9.47. The van der Waals surface area contributed by atoms with Crippen LogP contribution in [0.15, 0.2) is 0 Å². The molecule has 1 rings (SSSR count). The average molecular weight is 238 g/mol. The van der Waals surface area contributed by atoms with Crippen LogP contribution in [0.5, 0.6) is 0 Å². The number of alkyl halides is 3. The first-order chi connectivity index (χ1) is 7.14. The standard InChI is InChI=1S/C10H17F3N2O/c1-9(14,7-3-4-7)8(16)15(2)6-5-10(11,12)13/h7H,3-6,14H2,1-2H3. The van der Waals surface area contributed by atoms with E-state index in [2.05, 4.69) is 0 Å². The summed E-state index contributed by atoms with van der Waals surface area (Å²) in [5.41, 5.74) is 4.82. The van der Waals surface area contributed by atoms with Gasteiger partial charge in [0, 0.05) is 13.6 Å². The number of likely N-dealkylation sites (N-methyl/N-ethyl adjacent to an activating group) is 1. The first-order valence-electron chi connectivity index (χ1n) is 5.26. The summed E-state index contributed by atoms with van der Waals surface area (Å²) >= 11 is 0. The highest BCUT2D eigenvalue weighted by Gasteiger charge is 2.45. The van der Waals surface area contributed by atoms with Crippen LogP contribution in [0.2, 0.25) is 0 Å².